The summed E-state index contributed by atoms with van der Waals surface area (Å²) in [6, 6.07) is 8.70. The number of nitrogens with two attached hydrogens (primary N) is 1. The second-order valence-corrected chi connectivity index (χ2v) is 4.88. The zero-order valence-electron chi connectivity index (χ0n) is 9.15. The van der Waals surface area contributed by atoms with Crippen molar-refractivity contribution in [2.24, 2.45) is 0 Å². The van der Waals surface area contributed by atoms with Gasteiger partial charge in [0.1, 0.15) is 5.82 Å². The molecule has 4 nitrogen and oxygen atoms in total. The van der Waals surface area contributed by atoms with Crippen LogP contribution in [0.15, 0.2) is 41.0 Å². The highest BCUT2D eigenvalue weighted by atomic mass is 79.9. The highest BCUT2D eigenvalue weighted by molar-refractivity contribution is 9.10. The molecule has 0 bridgehead atoms. The van der Waals surface area contributed by atoms with Gasteiger partial charge in [0.15, 0.2) is 0 Å². The number of aromatic nitrogens is 1. The smallest absolute Gasteiger partial charge is 0.257 e. The van der Waals surface area contributed by atoms with E-state index in [4.69, 9.17) is 17.3 Å². The van der Waals surface area contributed by atoms with Crippen molar-refractivity contribution in [2.45, 2.75) is 0 Å². The molecule has 92 valence electrons. The second-order valence-electron chi connectivity index (χ2n) is 3.55. The van der Waals surface area contributed by atoms with Crippen LogP contribution in [0.1, 0.15) is 10.4 Å². The lowest BCUT2D eigenvalue weighted by Gasteiger charge is -2.07. The number of benzene rings is 1. The zero-order valence-corrected chi connectivity index (χ0v) is 11.5. The van der Waals surface area contributed by atoms with Gasteiger partial charge in [0.2, 0.25) is 0 Å². The van der Waals surface area contributed by atoms with Crippen LogP contribution in [0.25, 0.3) is 0 Å². The Labute approximate surface area is 117 Å². The molecule has 2 rings (SSSR count). The van der Waals surface area contributed by atoms with Crippen molar-refractivity contribution in [3.05, 3.63) is 51.6 Å². The summed E-state index contributed by atoms with van der Waals surface area (Å²) in [6.07, 6.45) is 1.35. The fraction of sp³-hybridized carbons (Fsp3) is 0. The van der Waals surface area contributed by atoms with Crippen LogP contribution in [-0.4, -0.2) is 10.9 Å². The molecule has 0 unspecified atom stereocenters. The number of amides is 1. The number of hydrogen-bond donors (Lipinski definition) is 2. The quantitative estimate of drug-likeness (QED) is 0.889. The molecule has 18 heavy (non-hydrogen) atoms. The van der Waals surface area contributed by atoms with Crippen LogP contribution in [-0.2, 0) is 0 Å². The molecule has 2 aromatic rings. The van der Waals surface area contributed by atoms with Gasteiger partial charge < -0.3 is 11.1 Å². The van der Waals surface area contributed by atoms with Gasteiger partial charge in [0.25, 0.3) is 5.91 Å². The molecule has 1 aromatic heterocycles. The molecule has 1 amide bonds. The maximum atomic E-state index is 12.0. The Kier molecular flexibility index (Phi) is 3.84. The Morgan fingerprint density at radius 2 is 2.17 bits per heavy atom. The first-order valence-corrected chi connectivity index (χ1v) is 6.21. The van der Waals surface area contributed by atoms with Crippen molar-refractivity contribution in [2.75, 3.05) is 11.1 Å². The van der Waals surface area contributed by atoms with Crippen molar-refractivity contribution in [1.82, 2.24) is 4.98 Å². The van der Waals surface area contributed by atoms with E-state index in [0.717, 1.165) is 4.47 Å². The lowest BCUT2D eigenvalue weighted by molar-refractivity contribution is 0.102. The Bertz CT molecular complexity index is 604. The van der Waals surface area contributed by atoms with Crippen molar-refractivity contribution >= 4 is 44.9 Å². The fourth-order valence-corrected chi connectivity index (χ4v) is 1.98. The topological polar surface area (TPSA) is 68.0 Å². The van der Waals surface area contributed by atoms with Crippen LogP contribution >= 0.6 is 27.5 Å². The minimum Gasteiger partial charge on any atom is -0.384 e. The highest BCUT2D eigenvalue weighted by Gasteiger charge is 2.11. The molecule has 0 saturated carbocycles. The minimum atomic E-state index is -0.327. The number of nitrogens with zero attached hydrogens (tertiary/aromatic N) is 1. The zero-order chi connectivity index (χ0) is 13.1. The maximum Gasteiger partial charge on any atom is 0.257 e. The van der Waals surface area contributed by atoms with Crippen LogP contribution in [0.3, 0.4) is 0 Å². The van der Waals surface area contributed by atoms with Crippen molar-refractivity contribution < 1.29 is 4.79 Å². The molecule has 1 heterocycles. The number of hydrogen-bond acceptors (Lipinski definition) is 3. The maximum absolute atomic E-state index is 12.0. The van der Waals surface area contributed by atoms with Crippen LogP contribution in [0.2, 0.25) is 5.02 Å². The van der Waals surface area contributed by atoms with E-state index in [0.29, 0.717) is 11.3 Å². The number of halogens is 2. The van der Waals surface area contributed by atoms with Gasteiger partial charge >= 0.3 is 0 Å². The molecule has 0 radical (unpaired) electrons. The predicted molar refractivity (Wildman–Crippen MR) is 75.8 cm³/mol. The van der Waals surface area contributed by atoms with Crippen molar-refractivity contribution in [1.29, 1.82) is 0 Å². The van der Waals surface area contributed by atoms with Gasteiger partial charge in [0.05, 0.1) is 10.6 Å². The molecule has 0 aliphatic carbocycles. The van der Waals surface area contributed by atoms with Gasteiger partial charge in [-0.05, 0) is 24.3 Å². The molecule has 6 heteroatoms. The lowest BCUT2D eigenvalue weighted by Crippen LogP contribution is -2.13. The number of pyridine rings is 1. The van der Waals surface area contributed by atoms with Gasteiger partial charge in [-0.3, -0.25) is 4.79 Å². The third-order valence-electron chi connectivity index (χ3n) is 2.20. The number of nitrogen functional groups attached to an aromatic ring is 1. The normalized spacial score (nSPS) is 10.1. The molecule has 0 aliphatic heterocycles. The van der Waals surface area contributed by atoms with Gasteiger partial charge in [-0.25, -0.2) is 4.98 Å². The summed E-state index contributed by atoms with van der Waals surface area (Å²) in [5.41, 5.74) is 6.49. The van der Waals surface area contributed by atoms with E-state index < -0.39 is 0 Å². The molecular formula is C12H9BrClN3O. The van der Waals surface area contributed by atoms with Gasteiger partial charge in [-0.1, -0.05) is 33.6 Å². The predicted octanol–water partition coefficient (Wildman–Crippen LogP) is 3.33. The molecule has 1 aromatic carbocycles. The van der Waals surface area contributed by atoms with Gasteiger partial charge in [0, 0.05) is 16.4 Å². The highest BCUT2D eigenvalue weighted by Crippen LogP contribution is 2.20. The van der Waals surface area contributed by atoms with E-state index in [2.05, 4.69) is 26.2 Å². The van der Waals surface area contributed by atoms with Crippen molar-refractivity contribution in [3.63, 3.8) is 0 Å². The standard InChI is InChI=1S/C12H9BrClN3O/c13-7-2-1-3-8(4-7)17-12(18)9-5-11(15)16-6-10(9)14/h1-6H,(H2,15,16)(H,17,18). The van der Waals surface area contributed by atoms with E-state index >= 15 is 0 Å². The van der Waals surface area contributed by atoms with Crippen LogP contribution in [0, 0.1) is 0 Å². The van der Waals surface area contributed by atoms with Gasteiger partial charge in [-0.15, -0.1) is 0 Å². The third kappa shape index (κ3) is 3.00. The van der Waals surface area contributed by atoms with E-state index in [1.165, 1.54) is 12.3 Å². The third-order valence-corrected chi connectivity index (χ3v) is 3.00. The summed E-state index contributed by atoms with van der Waals surface area (Å²) in [6.45, 7) is 0. The first-order chi connectivity index (χ1) is 8.56. The molecule has 0 fully saturated rings. The Hall–Kier alpha value is -1.59. The molecule has 0 atom stereocenters. The largest absolute Gasteiger partial charge is 0.384 e. The molecule has 3 N–H and O–H groups in total. The number of rotatable bonds is 2. The number of nitrogens with one attached hydrogen (secondary N) is 1. The minimum absolute atomic E-state index is 0.249. The van der Waals surface area contributed by atoms with E-state index in [1.54, 1.807) is 12.1 Å². The number of carbonyl (C=O) groups is 1. The molecule has 0 aliphatic rings. The molecular weight excluding hydrogens is 318 g/mol. The van der Waals surface area contributed by atoms with Crippen LogP contribution in [0.5, 0.6) is 0 Å². The summed E-state index contributed by atoms with van der Waals surface area (Å²) < 4.78 is 0.876. The summed E-state index contributed by atoms with van der Waals surface area (Å²) in [7, 11) is 0. The first-order valence-electron chi connectivity index (χ1n) is 5.04. The summed E-state index contributed by atoms with van der Waals surface area (Å²) in [5, 5.41) is 2.99. The van der Waals surface area contributed by atoms with E-state index in [-0.39, 0.29) is 16.7 Å². The number of anilines is 2. The number of carbonyl (C=O) groups excluding carboxylic acids is 1. The fourth-order valence-electron chi connectivity index (χ4n) is 1.39. The average Bonchev–Trinajstić information content (AvgIpc) is 2.32. The second kappa shape index (κ2) is 5.37. The van der Waals surface area contributed by atoms with Crippen molar-refractivity contribution in [3.8, 4) is 0 Å². The summed E-state index contributed by atoms with van der Waals surface area (Å²) >= 11 is 9.23. The lowest BCUT2D eigenvalue weighted by atomic mass is 10.2. The molecule has 0 spiro atoms. The first kappa shape index (κ1) is 12.9. The Morgan fingerprint density at radius 3 is 2.89 bits per heavy atom. The van der Waals surface area contributed by atoms with Crippen LogP contribution in [0.4, 0.5) is 11.5 Å². The Balaban J connectivity index is 2.24. The van der Waals surface area contributed by atoms with E-state index in [1.807, 2.05) is 12.1 Å². The monoisotopic (exact) mass is 325 g/mol. The summed E-state index contributed by atoms with van der Waals surface area (Å²) in [5.74, 6) is -0.0778. The van der Waals surface area contributed by atoms with E-state index in [9.17, 15) is 4.79 Å². The Morgan fingerprint density at radius 1 is 1.39 bits per heavy atom. The van der Waals surface area contributed by atoms with Gasteiger partial charge in [-0.2, -0.15) is 0 Å². The SMILES string of the molecule is Nc1cc(C(=O)Nc2cccc(Br)c2)c(Cl)cn1. The van der Waals surface area contributed by atoms with Crippen LogP contribution < -0.4 is 11.1 Å². The summed E-state index contributed by atoms with van der Waals surface area (Å²) in [4.78, 5) is 15.8. The molecule has 0 saturated heterocycles. The average molecular weight is 327 g/mol.